The lowest BCUT2D eigenvalue weighted by molar-refractivity contribution is -0.143. The van der Waals surface area contributed by atoms with E-state index in [1.54, 1.807) is 0 Å². The molecule has 1 aliphatic carbocycles. The van der Waals surface area contributed by atoms with Crippen molar-refractivity contribution in [2.24, 2.45) is 0 Å². The smallest absolute Gasteiger partial charge is 0.350 e. The second-order valence-corrected chi connectivity index (χ2v) is 7.25. The number of amides is 1. The van der Waals surface area contributed by atoms with Crippen LogP contribution in [0.4, 0.5) is 39.5 Å². The third kappa shape index (κ3) is 5.18. The van der Waals surface area contributed by atoms with Gasteiger partial charge >= 0.3 is 18.5 Å². The molecular weight excluding hydrogens is 457 g/mol. The molecule has 32 heavy (non-hydrogen) atoms. The van der Waals surface area contributed by atoms with Crippen LogP contribution >= 0.6 is 0 Å². The molecule has 2 aromatic rings. The number of alkyl halides is 9. The maximum absolute atomic E-state index is 13.2. The van der Waals surface area contributed by atoms with Crippen molar-refractivity contribution in [3.05, 3.63) is 51.8 Å². The Kier molecular flexibility index (Phi) is 6.22. The zero-order valence-corrected chi connectivity index (χ0v) is 16.2. The van der Waals surface area contributed by atoms with Gasteiger partial charge in [-0.3, -0.25) is 9.48 Å². The fourth-order valence-electron chi connectivity index (χ4n) is 3.55. The van der Waals surface area contributed by atoms with E-state index >= 15 is 0 Å². The summed E-state index contributed by atoms with van der Waals surface area (Å²) in [6.45, 7) is -0.572. The van der Waals surface area contributed by atoms with Crippen molar-refractivity contribution >= 4 is 5.91 Å². The van der Waals surface area contributed by atoms with E-state index in [9.17, 15) is 44.3 Å². The molecule has 0 radical (unpaired) electrons. The zero-order chi connectivity index (χ0) is 23.9. The number of aromatic nitrogens is 2. The summed E-state index contributed by atoms with van der Waals surface area (Å²) in [6.07, 6.45) is -13.1. The van der Waals surface area contributed by atoms with Crippen molar-refractivity contribution in [2.45, 2.75) is 50.8 Å². The predicted molar refractivity (Wildman–Crippen MR) is 92.7 cm³/mol. The van der Waals surface area contributed by atoms with Gasteiger partial charge in [0.2, 0.25) is 0 Å². The lowest BCUT2D eigenvalue weighted by atomic mass is 9.95. The van der Waals surface area contributed by atoms with Crippen molar-refractivity contribution in [1.82, 2.24) is 15.1 Å². The molecule has 0 atom stereocenters. The van der Waals surface area contributed by atoms with Gasteiger partial charge in [0.25, 0.3) is 5.91 Å². The van der Waals surface area contributed by atoms with Gasteiger partial charge in [-0.25, -0.2) is 0 Å². The van der Waals surface area contributed by atoms with Crippen molar-refractivity contribution < 1.29 is 44.3 Å². The summed E-state index contributed by atoms with van der Waals surface area (Å²) in [5, 5.41) is 5.71. The van der Waals surface area contributed by atoms with Crippen molar-refractivity contribution in [3.8, 4) is 0 Å². The fraction of sp³-hybridized carbons (Fsp3) is 0.474. The van der Waals surface area contributed by atoms with Gasteiger partial charge in [0.05, 0.1) is 17.7 Å². The minimum atomic E-state index is -5.11. The zero-order valence-electron chi connectivity index (χ0n) is 16.2. The number of halogens is 9. The molecular formula is C19H16F9N3O. The van der Waals surface area contributed by atoms with Gasteiger partial charge in [0.1, 0.15) is 0 Å². The van der Waals surface area contributed by atoms with Crippen LogP contribution in [0.2, 0.25) is 0 Å². The maximum atomic E-state index is 13.2. The van der Waals surface area contributed by atoms with Gasteiger partial charge in [-0.1, -0.05) is 0 Å². The molecule has 4 nitrogen and oxygen atoms in total. The Morgan fingerprint density at radius 1 is 0.875 bits per heavy atom. The minimum Gasteiger partial charge on any atom is -0.350 e. The van der Waals surface area contributed by atoms with E-state index < -0.39 is 46.8 Å². The van der Waals surface area contributed by atoms with Crippen LogP contribution in [0.1, 0.15) is 51.3 Å². The monoisotopic (exact) mass is 473 g/mol. The van der Waals surface area contributed by atoms with Gasteiger partial charge in [0.15, 0.2) is 5.69 Å². The molecule has 176 valence electrons. The fourth-order valence-corrected chi connectivity index (χ4v) is 3.55. The number of rotatable bonds is 4. The van der Waals surface area contributed by atoms with Crippen molar-refractivity contribution in [2.75, 3.05) is 6.54 Å². The number of hydrogen-bond donors (Lipinski definition) is 1. The Bertz CT molecular complexity index is 971. The van der Waals surface area contributed by atoms with Gasteiger partial charge in [0, 0.05) is 23.4 Å². The molecule has 0 spiro atoms. The standard InChI is InChI=1S/C19H16F9N3O/c20-17(21,22)11-7-10(8-12(9-11)18(23,24)25)16(32)29-5-6-31-14-4-2-1-3-13(14)15(30-31)19(26,27)28/h7-9H,1-6H2,(H,29,32). The topological polar surface area (TPSA) is 46.9 Å². The van der Waals surface area contributed by atoms with Crippen LogP contribution in [-0.2, 0) is 37.9 Å². The highest BCUT2D eigenvalue weighted by atomic mass is 19.4. The van der Waals surface area contributed by atoms with Crippen LogP contribution in [-0.4, -0.2) is 22.2 Å². The number of benzene rings is 1. The van der Waals surface area contributed by atoms with Crippen LogP contribution in [0.5, 0.6) is 0 Å². The average Bonchev–Trinajstić information content (AvgIpc) is 3.05. The van der Waals surface area contributed by atoms with Gasteiger partial charge in [-0.2, -0.15) is 44.6 Å². The van der Waals surface area contributed by atoms with Crippen LogP contribution in [0.15, 0.2) is 18.2 Å². The molecule has 0 unspecified atom stereocenters. The summed E-state index contributed by atoms with van der Waals surface area (Å²) in [5.41, 5.74) is -4.75. The van der Waals surface area contributed by atoms with E-state index in [1.807, 2.05) is 0 Å². The molecule has 1 aliphatic rings. The van der Waals surface area contributed by atoms with Gasteiger partial charge in [-0.05, 0) is 43.9 Å². The normalized spacial score (nSPS) is 14.9. The molecule has 0 fully saturated rings. The SMILES string of the molecule is O=C(NCCn1nc(C(F)(F)F)c2c1CCCC2)c1cc(C(F)(F)F)cc(C(F)(F)F)c1. The lowest BCUT2D eigenvalue weighted by Gasteiger charge is -2.15. The van der Waals surface area contributed by atoms with Gasteiger partial charge in [-0.15, -0.1) is 0 Å². The van der Waals surface area contributed by atoms with Crippen molar-refractivity contribution in [3.63, 3.8) is 0 Å². The predicted octanol–water partition coefficient (Wildman–Crippen LogP) is 5.25. The highest BCUT2D eigenvalue weighted by Crippen LogP contribution is 2.37. The third-order valence-corrected chi connectivity index (χ3v) is 4.98. The second-order valence-electron chi connectivity index (χ2n) is 7.25. The Labute approximate surface area is 175 Å². The van der Waals surface area contributed by atoms with E-state index in [4.69, 9.17) is 0 Å². The number of carbonyl (C=O) groups is 1. The highest BCUT2D eigenvalue weighted by molar-refractivity contribution is 5.94. The number of nitrogens with zero attached hydrogens (tertiary/aromatic N) is 2. The van der Waals surface area contributed by atoms with Crippen molar-refractivity contribution in [1.29, 1.82) is 0 Å². The highest BCUT2D eigenvalue weighted by Gasteiger charge is 2.40. The Morgan fingerprint density at radius 3 is 1.97 bits per heavy atom. The molecule has 1 N–H and O–H groups in total. The molecule has 1 aromatic carbocycles. The molecule has 13 heteroatoms. The maximum Gasteiger partial charge on any atom is 0.435 e. The Hall–Kier alpha value is -2.73. The first-order valence-electron chi connectivity index (χ1n) is 9.41. The number of nitrogens with one attached hydrogen (secondary N) is 1. The van der Waals surface area contributed by atoms with Crippen LogP contribution in [0.25, 0.3) is 0 Å². The Morgan fingerprint density at radius 2 is 1.44 bits per heavy atom. The summed E-state index contributed by atoms with van der Waals surface area (Å²) in [7, 11) is 0. The van der Waals surface area contributed by atoms with Crippen LogP contribution in [0.3, 0.4) is 0 Å². The molecule has 3 rings (SSSR count). The average molecular weight is 473 g/mol. The summed E-state index contributed by atoms with van der Waals surface area (Å²) >= 11 is 0. The number of hydrogen-bond acceptors (Lipinski definition) is 2. The second kappa shape index (κ2) is 8.32. The summed E-state index contributed by atoms with van der Waals surface area (Å²) in [5.74, 6) is -1.22. The van der Waals surface area contributed by atoms with E-state index in [0.717, 1.165) is 4.68 Å². The minimum absolute atomic E-state index is 0.0720. The summed E-state index contributed by atoms with van der Waals surface area (Å²) in [4.78, 5) is 12.2. The first kappa shape index (κ1) is 23.9. The quantitative estimate of drug-likeness (QED) is 0.617. The molecule has 1 heterocycles. The molecule has 0 bridgehead atoms. The van der Waals surface area contributed by atoms with Crippen LogP contribution in [0, 0.1) is 0 Å². The number of carbonyl (C=O) groups excluding carboxylic acids is 1. The van der Waals surface area contributed by atoms with E-state index in [-0.39, 0.29) is 43.3 Å². The van der Waals surface area contributed by atoms with Crippen LogP contribution < -0.4 is 5.32 Å². The molecule has 0 saturated heterocycles. The Balaban J connectivity index is 1.78. The first-order chi connectivity index (χ1) is 14.7. The third-order valence-electron chi connectivity index (χ3n) is 4.98. The molecule has 0 saturated carbocycles. The molecule has 0 aliphatic heterocycles. The summed E-state index contributed by atoms with van der Waals surface area (Å²) < 4.78 is 118. The largest absolute Gasteiger partial charge is 0.435 e. The molecule has 1 amide bonds. The van der Waals surface area contributed by atoms with Gasteiger partial charge < -0.3 is 5.32 Å². The number of fused-ring (bicyclic) bond motifs is 1. The lowest BCUT2D eigenvalue weighted by Crippen LogP contribution is -2.29. The van der Waals surface area contributed by atoms with E-state index in [2.05, 4.69) is 10.4 Å². The van der Waals surface area contributed by atoms with E-state index in [1.165, 1.54) is 0 Å². The molecule has 1 aromatic heterocycles. The van der Waals surface area contributed by atoms with E-state index in [0.29, 0.717) is 25.0 Å². The summed E-state index contributed by atoms with van der Waals surface area (Å²) in [6, 6.07) is 0.454. The first-order valence-corrected chi connectivity index (χ1v) is 9.41.